The van der Waals surface area contributed by atoms with Gasteiger partial charge in [-0.25, -0.2) is 4.98 Å². The van der Waals surface area contributed by atoms with E-state index in [1.165, 1.54) is 12.8 Å². The Kier molecular flexibility index (Phi) is 2.35. The van der Waals surface area contributed by atoms with Gasteiger partial charge in [0, 0.05) is 6.04 Å². The van der Waals surface area contributed by atoms with Crippen LogP contribution in [-0.4, -0.2) is 16.0 Å². The molecule has 0 spiro atoms. The fraction of sp³-hybridized carbons (Fsp3) is 0.600. The first kappa shape index (κ1) is 9.71. The Morgan fingerprint density at radius 1 is 1.64 bits per heavy atom. The largest absolute Gasteiger partial charge is 0.365 e. The summed E-state index contributed by atoms with van der Waals surface area (Å²) in [5.74, 6) is 0.777. The van der Waals surface area contributed by atoms with E-state index in [1.807, 2.05) is 0 Å². The zero-order valence-corrected chi connectivity index (χ0v) is 9.17. The van der Waals surface area contributed by atoms with Crippen molar-refractivity contribution in [2.45, 2.75) is 32.7 Å². The highest BCUT2D eigenvalue weighted by molar-refractivity contribution is 6.29. The summed E-state index contributed by atoms with van der Waals surface area (Å²) in [7, 11) is 0. The standard InChI is InChI=1S/C10H14ClN3/c1-3-10(2)4-7(10)13-9-6-12-5-8(11)14-9/h5-7H,3-4H2,1-2H3,(H,13,14). The van der Waals surface area contributed by atoms with Gasteiger partial charge in [-0.05, 0) is 18.3 Å². The maximum absolute atomic E-state index is 5.74. The molecule has 0 aliphatic heterocycles. The molecule has 14 heavy (non-hydrogen) atoms. The Labute approximate surface area is 88.9 Å². The van der Waals surface area contributed by atoms with Gasteiger partial charge in [-0.3, -0.25) is 4.98 Å². The highest BCUT2D eigenvalue weighted by atomic mass is 35.5. The minimum atomic E-state index is 0.435. The number of anilines is 1. The molecule has 2 unspecified atom stereocenters. The molecule has 2 rings (SSSR count). The highest BCUT2D eigenvalue weighted by Crippen LogP contribution is 2.49. The van der Waals surface area contributed by atoms with Crippen molar-refractivity contribution in [3.05, 3.63) is 17.5 Å². The van der Waals surface area contributed by atoms with E-state index in [0.29, 0.717) is 16.6 Å². The molecule has 1 aromatic heterocycles. The van der Waals surface area contributed by atoms with Crippen molar-refractivity contribution in [2.75, 3.05) is 5.32 Å². The molecule has 76 valence electrons. The van der Waals surface area contributed by atoms with E-state index in [4.69, 9.17) is 11.6 Å². The van der Waals surface area contributed by atoms with Crippen LogP contribution < -0.4 is 5.32 Å². The maximum atomic E-state index is 5.74. The third kappa shape index (κ3) is 1.82. The number of hydrogen-bond donors (Lipinski definition) is 1. The third-order valence-corrected chi connectivity index (χ3v) is 3.27. The lowest BCUT2D eigenvalue weighted by atomic mass is 10.1. The molecule has 0 saturated heterocycles. The molecule has 1 fully saturated rings. The minimum absolute atomic E-state index is 0.435. The van der Waals surface area contributed by atoms with E-state index in [1.54, 1.807) is 12.4 Å². The molecule has 2 atom stereocenters. The van der Waals surface area contributed by atoms with Crippen LogP contribution in [0.4, 0.5) is 5.82 Å². The van der Waals surface area contributed by atoms with Crippen molar-refractivity contribution in [2.24, 2.45) is 5.41 Å². The monoisotopic (exact) mass is 211 g/mol. The summed E-state index contributed by atoms with van der Waals surface area (Å²) >= 11 is 5.74. The summed E-state index contributed by atoms with van der Waals surface area (Å²) in [5.41, 5.74) is 0.435. The van der Waals surface area contributed by atoms with Crippen LogP contribution in [0, 0.1) is 5.41 Å². The summed E-state index contributed by atoms with van der Waals surface area (Å²) in [5, 5.41) is 3.78. The van der Waals surface area contributed by atoms with Gasteiger partial charge >= 0.3 is 0 Å². The van der Waals surface area contributed by atoms with Crippen LogP contribution in [0.25, 0.3) is 0 Å². The normalized spacial score (nSPS) is 30.1. The summed E-state index contributed by atoms with van der Waals surface area (Å²) < 4.78 is 0. The first-order valence-corrected chi connectivity index (χ1v) is 5.26. The van der Waals surface area contributed by atoms with Crippen molar-refractivity contribution in [1.82, 2.24) is 9.97 Å². The van der Waals surface area contributed by atoms with Gasteiger partial charge in [-0.2, -0.15) is 0 Å². The summed E-state index contributed by atoms with van der Waals surface area (Å²) in [4.78, 5) is 8.13. The van der Waals surface area contributed by atoms with Crippen molar-refractivity contribution in [3.63, 3.8) is 0 Å². The summed E-state index contributed by atoms with van der Waals surface area (Å²) in [6, 6.07) is 0.528. The molecule has 1 aromatic rings. The fourth-order valence-electron chi connectivity index (χ4n) is 1.61. The van der Waals surface area contributed by atoms with Gasteiger partial charge in [0.05, 0.1) is 12.4 Å². The molecule has 1 N–H and O–H groups in total. The molecule has 0 aromatic carbocycles. The number of nitrogens with zero attached hydrogens (tertiary/aromatic N) is 2. The molecule has 1 aliphatic rings. The van der Waals surface area contributed by atoms with Crippen LogP contribution in [0.5, 0.6) is 0 Å². The second-order valence-electron chi connectivity index (χ2n) is 4.14. The van der Waals surface area contributed by atoms with E-state index < -0.39 is 0 Å². The number of hydrogen-bond acceptors (Lipinski definition) is 3. The zero-order chi connectivity index (χ0) is 10.2. The lowest BCUT2D eigenvalue weighted by Crippen LogP contribution is -2.11. The molecule has 0 bridgehead atoms. The molecule has 3 nitrogen and oxygen atoms in total. The summed E-state index contributed by atoms with van der Waals surface area (Å²) in [6.07, 6.45) is 5.65. The van der Waals surface area contributed by atoms with E-state index >= 15 is 0 Å². The third-order valence-electron chi connectivity index (χ3n) is 3.09. The van der Waals surface area contributed by atoms with Crippen molar-refractivity contribution in [3.8, 4) is 0 Å². The van der Waals surface area contributed by atoms with E-state index in [9.17, 15) is 0 Å². The molecule has 1 aliphatic carbocycles. The Morgan fingerprint density at radius 3 is 3.00 bits per heavy atom. The summed E-state index contributed by atoms with van der Waals surface area (Å²) in [6.45, 7) is 4.49. The zero-order valence-electron chi connectivity index (χ0n) is 8.42. The van der Waals surface area contributed by atoms with E-state index in [-0.39, 0.29) is 0 Å². The Bertz CT molecular complexity index is 342. The number of halogens is 1. The number of nitrogens with one attached hydrogen (secondary N) is 1. The van der Waals surface area contributed by atoms with Crippen molar-refractivity contribution < 1.29 is 0 Å². The minimum Gasteiger partial charge on any atom is -0.365 e. The lowest BCUT2D eigenvalue weighted by molar-refractivity contribution is 0.535. The van der Waals surface area contributed by atoms with Crippen LogP contribution in [0.2, 0.25) is 5.15 Å². The average molecular weight is 212 g/mol. The van der Waals surface area contributed by atoms with Crippen molar-refractivity contribution in [1.29, 1.82) is 0 Å². The van der Waals surface area contributed by atoms with Crippen LogP contribution >= 0.6 is 11.6 Å². The number of rotatable bonds is 3. The van der Waals surface area contributed by atoms with Crippen LogP contribution in [0.15, 0.2) is 12.4 Å². The Morgan fingerprint density at radius 2 is 2.43 bits per heavy atom. The molecule has 1 heterocycles. The van der Waals surface area contributed by atoms with Crippen LogP contribution in [0.3, 0.4) is 0 Å². The second-order valence-corrected chi connectivity index (χ2v) is 4.52. The van der Waals surface area contributed by atoms with Gasteiger partial charge in [0.1, 0.15) is 11.0 Å². The molecule has 4 heteroatoms. The predicted octanol–water partition coefficient (Wildman–Crippen LogP) is 2.73. The smallest absolute Gasteiger partial charge is 0.149 e. The maximum Gasteiger partial charge on any atom is 0.149 e. The quantitative estimate of drug-likeness (QED) is 0.836. The first-order chi connectivity index (χ1) is 6.64. The second kappa shape index (κ2) is 3.39. The van der Waals surface area contributed by atoms with Gasteiger partial charge in [-0.15, -0.1) is 0 Å². The predicted molar refractivity (Wildman–Crippen MR) is 57.5 cm³/mol. The number of aromatic nitrogens is 2. The lowest BCUT2D eigenvalue weighted by Gasteiger charge is -2.09. The van der Waals surface area contributed by atoms with Gasteiger partial charge in [0.25, 0.3) is 0 Å². The molecule has 0 radical (unpaired) electrons. The topological polar surface area (TPSA) is 37.8 Å². The highest BCUT2D eigenvalue weighted by Gasteiger charge is 2.48. The Balaban J connectivity index is 2.00. The van der Waals surface area contributed by atoms with Crippen LogP contribution in [-0.2, 0) is 0 Å². The van der Waals surface area contributed by atoms with E-state index in [2.05, 4.69) is 29.1 Å². The van der Waals surface area contributed by atoms with Gasteiger partial charge < -0.3 is 5.32 Å². The molecular weight excluding hydrogens is 198 g/mol. The average Bonchev–Trinajstić information content (AvgIpc) is 2.78. The molecule has 0 amide bonds. The van der Waals surface area contributed by atoms with Gasteiger partial charge in [0.15, 0.2) is 0 Å². The van der Waals surface area contributed by atoms with Gasteiger partial charge in [-0.1, -0.05) is 25.4 Å². The van der Waals surface area contributed by atoms with Crippen molar-refractivity contribution >= 4 is 17.4 Å². The molecular formula is C10H14ClN3. The fourth-order valence-corrected chi connectivity index (χ4v) is 1.76. The van der Waals surface area contributed by atoms with E-state index in [0.717, 1.165) is 5.82 Å². The molecule has 1 saturated carbocycles. The van der Waals surface area contributed by atoms with Crippen LogP contribution in [0.1, 0.15) is 26.7 Å². The Hall–Kier alpha value is -0.830. The van der Waals surface area contributed by atoms with Gasteiger partial charge in [0.2, 0.25) is 0 Å². The first-order valence-electron chi connectivity index (χ1n) is 4.88. The SMILES string of the molecule is CCC1(C)CC1Nc1cncc(Cl)n1.